The molecular weight excluding hydrogens is 422 g/mol. The summed E-state index contributed by atoms with van der Waals surface area (Å²) in [6.07, 6.45) is 0. The second-order valence-electron chi connectivity index (χ2n) is 8.74. The molecule has 0 unspecified atom stereocenters. The number of ether oxygens (including phenoxy) is 2. The van der Waals surface area contributed by atoms with Crippen LogP contribution in [0.25, 0.3) is 0 Å². The third-order valence-electron chi connectivity index (χ3n) is 6.59. The van der Waals surface area contributed by atoms with E-state index in [1.165, 1.54) is 4.90 Å². The molecule has 8 heteroatoms. The molecule has 2 aliphatic rings. The molecule has 0 aromatic heterocycles. The Hall–Kier alpha value is -3.39. The summed E-state index contributed by atoms with van der Waals surface area (Å²) in [6.45, 7) is 3.55. The molecule has 0 aliphatic carbocycles. The van der Waals surface area contributed by atoms with Crippen LogP contribution in [0.2, 0.25) is 0 Å². The maximum atomic E-state index is 13.7. The molecule has 0 radical (unpaired) electrons. The van der Waals surface area contributed by atoms with Gasteiger partial charge in [-0.15, -0.1) is 0 Å². The summed E-state index contributed by atoms with van der Waals surface area (Å²) in [6, 6.07) is 14.0. The van der Waals surface area contributed by atoms with Crippen LogP contribution in [0.3, 0.4) is 0 Å². The Morgan fingerprint density at radius 2 is 1.70 bits per heavy atom. The number of hydrogen-bond acceptors (Lipinski definition) is 7. The zero-order chi connectivity index (χ0) is 23.9. The molecule has 2 heterocycles. The maximum Gasteiger partial charge on any atom is 0.326 e. The van der Waals surface area contributed by atoms with Gasteiger partial charge in [0, 0.05) is 25.8 Å². The van der Waals surface area contributed by atoms with Crippen LogP contribution in [-0.4, -0.2) is 51.1 Å². The number of imide groups is 1. The van der Waals surface area contributed by atoms with Gasteiger partial charge in [-0.2, -0.15) is 0 Å². The van der Waals surface area contributed by atoms with Gasteiger partial charge < -0.3 is 14.4 Å². The second-order valence-corrected chi connectivity index (χ2v) is 8.74. The highest BCUT2D eigenvalue weighted by atomic mass is 16.5. The van der Waals surface area contributed by atoms with E-state index in [0.717, 1.165) is 11.3 Å². The van der Waals surface area contributed by atoms with Crippen molar-refractivity contribution in [1.82, 2.24) is 5.32 Å². The number of anilines is 2. The molecule has 2 aromatic rings. The number of esters is 1. The zero-order valence-electron chi connectivity index (χ0n) is 19.5. The normalized spacial score (nSPS) is 26.3. The molecule has 2 fully saturated rings. The minimum atomic E-state index is -1.33. The van der Waals surface area contributed by atoms with Crippen molar-refractivity contribution in [3.63, 3.8) is 0 Å². The predicted molar refractivity (Wildman–Crippen MR) is 124 cm³/mol. The Balaban J connectivity index is 1.77. The Kier molecular flexibility index (Phi) is 5.88. The first-order valence-electron chi connectivity index (χ1n) is 11.0. The standard InChI is InChI=1S/C25H29N3O5/c1-6-33-24(31)25(2)20-19(21(26-25)15-7-9-16(10-8-15)27(3)4)22(29)28(23(20)30)17-11-13-18(32-5)14-12-17/h7-14,19-21,26H,6H2,1-5H3/t19-,20+,21-,25+/m0/s1. The van der Waals surface area contributed by atoms with E-state index >= 15 is 0 Å². The van der Waals surface area contributed by atoms with E-state index in [9.17, 15) is 14.4 Å². The Morgan fingerprint density at radius 3 is 2.24 bits per heavy atom. The van der Waals surface area contributed by atoms with Crippen molar-refractivity contribution >= 4 is 29.2 Å². The number of hydrogen-bond donors (Lipinski definition) is 1. The zero-order valence-corrected chi connectivity index (χ0v) is 19.5. The van der Waals surface area contributed by atoms with E-state index in [4.69, 9.17) is 9.47 Å². The highest BCUT2D eigenvalue weighted by molar-refractivity contribution is 6.24. The summed E-state index contributed by atoms with van der Waals surface area (Å²) in [5, 5.41) is 3.29. The first-order chi connectivity index (χ1) is 15.7. The Bertz CT molecular complexity index is 1070. The van der Waals surface area contributed by atoms with Crippen LogP contribution < -0.4 is 19.9 Å². The fraction of sp³-hybridized carbons (Fsp3) is 0.400. The van der Waals surface area contributed by atoms with Crippen LogP contribution in [0, 0.1) is 11.8 Å². The summed E-state index contributed by atoms with van der Waals surface area (Å²) in [5.41, 5.74) is 0.962. The van der Waals surface area contributed by atoms with E-state index in [1.54, 1.807) is 45.2 Å². The van der Waals surface area contributed by atoms with Gasteiger partial charge in [0.05, 0.1) is 31.2 Å². The summed E-state index contributed by atoms with van der Waals surface area (Å²) in [4.78, 5) is 43.5. The number of rotatable bonds is 6. The summed E-state index contributed by atoms with van der Waals surface area (Å²) in [7, 11) is 5.44. The molecule has 8 nitrogen and oxygen atoms in total. The van der Waals surface area contributed by atoms with Gasteiger partial charge in [0.25, 0.3) is 0 Å². The van der Waals surface area contributed by atoms with Gasteiger partial charge >= 0.3 is 5.97 Å². The highest BCUT2D eigenvalue weighted by Gasteiger charge is 2.67. The topological polar surface area (TPSA) is 88.2 Å². The quantitative estimate of drug-likeness (QED) is 0.533. The van der Waals surface area contributed by atoms with Gasteiger partial charge in [0.15, 0.2) is 0 Å². The lowest BCUT2D eigenvalue weighted by atomic mass is 9.80. The van der Waals surface area contributed by atoms with Crippen molar-refractivity contribution in [3.05, 3.63) is 54.1 Å². The van der Waals surface area contributed by atoms with Crippen molar-refractivity contribution in [1.29, 1.82) is 0 Å². The fourth-order valence-corrected chi connectivity index (χ4v) is 4.86. The number of nitrogens with one attached hydrogen (secondary N) is 1. The fourth-order valence-electron chi connectivity index (χ4n) is 4.86. The van der Waals surface area contributed by atoms with E-state index in [0.29, 0.717) is 11.4 Å². The second kappa shape index (κ2) is 8.51. The van der Waals surface area contributed by atoms with Crippen molar-refractivity contribution < 1.29 is 23.9 Å². The van der Waals surface area contributed by atoms with E-state index in [1.807, 2.05) is 43.3 Å². The minimum absolute atomic E-state index is 0.181. The van der Waals surface area contributed by atoms with Crippen molar-refractivity contribution in [2.24, 2.45) is 11.8 Å². The van der Waals surface area contributed by atoms with Gasteiger partial charge in [-0.3, -0.25) is 19.7 Å². The molecule has 0 bridgehead atoms. The van der Waals surface area contributed by atoms with E-state index < -0.39 is 35.3 Å². The molecule has 33 heavy (non-hydrogen) atoms. The Labute approximate surface area is 193 Å². The monoisotopic (exact) mass is 451 g/mol. The first kappa shape index (κ1) is 22.8. The maximum absolute atomic E-state index is 13.7. The number of fused-ring (bicyclic) bond motifs is 1. The third-order valence-corrected chi connectivity index (χ3v) is 6.59. The number of amides is 2. The average molecular weight is 452 g/mol. The van der Waals surface area contributed by atoms with E-state index in [-0.39, 0.29) is 12.5 Å². The number of methoxy groups -OCH3 is 1. The molecule has 2 saturated heterocycles. The smallest absolute Gasteiger partial charge is 0.326 e. The third kappa shape index (κ3) is 3.64. The molecule has 4 atom stereocenters. The van der Waals surface area contributed by atoms with Crippen LogP contribution in [0.1, 0.15) is 25.5 Å². The molecule has 2 aliphatic heterocycles. The SMILES string of the molecule is CCOC(=O)[C@]1(C)N[C@@H](c2ccc(N(C)C)cc2)[C@H]2C(=O)N(c3ccc(OC)cc3)C(=O)[C@@H]21. The van der Waals surface area contributed by atoms with Crippen LogP contribution in [-0.2, 0) is 19.1 Å². The molecule has 0 spiro atoms. The predicted octanol–water partition coefficient (Wildman–Crippen LogP) is 2.53. The molecule has 2 amide bonds. The van der Waals surface area contributed by atoms with Gasteiger partial charge in [-0.25, -0.2) is 4.90 Å². The van der Waals surface area contributed by atoms with E-state index in [2.05, 4.69) is 5.32 Å². The number of benzene rings is 2. The van der Waals surface area contributed by atoms with Crippen molar-refractivity contribution in [3.8, 4) is 5.75 Å². The summed E-state index contributed by atoms with van der Waals surface area (Å²) in [5.74, 6) is -2.29. The van der Waals surface area contributed by atoms with Gasteiger partial charge in [-0.05, 0) is 55.8 Å². The highest BCUT2D eigenvalue weighted by Crippen LogP contribution is 2.50. The lowest BCUT2D eigenvalue weighted by Crippen LogP contribution is -2.54. The first-order valence-corrected chi connectivity index (χ1v) is 11.0. The molecule has 174 valence electrons. The lowest BCUT2D eigenvalue weighted by Gasteiger charge is -2.29. The van der Waals surface area contributed by atoms with Crippen LogP contribution in [0.5, 0.6) is 5.75 Å². The Morgan fingerprint density at radius 1 is 1.06 bits per heavy atom. The van der Waals surface area contributed by atoms with Gasteiger partial charge in [0.1, 0.15) is 11.3 Å². The van der Waals surface area contributed by atoms with Crippen molar-refractivity contribution in [2.75, 3.05) is 37.6 Å². The van der Waals surface area contributed by atoms with Crippen LogP contribution >= 0.6 is 0 Å². The average Bonchev–Trinajstić information content (AvgIpc) is 3.27. The summed E-state index contributed by atoms with van der Waals surface area (Å²) < 4.78 is 10.5. The van der Waals surface area contributed by atoms with Crippen LogP contribution in [0.4, 0.5) is 11.4 Å². The van der Waals surface area contributed by atoms with Crippen LogP contribution in [0.15, 0.2) is 48.5 Å². The molecular formula is C25H29N3O5. The number of carbonyl (C=O) groups excluding carboxylic acids is 3. The number of carbonyl (C=O) groups is 3. The molecule has 2 aromatic carbocycles. The minimum Gasteiger partial charge on any atom is -0.497 e. The number of nitrogens with zero attached hydrogens (tertiary/aromatic N) is 2. The molecule has 4 rings (SSSR count). The molecule has 1 N–H and O–H groups in total. The summed E-state index contributed by atoms with van der Waals surface area (Å²) >= 11 is 0. The van der Waals surface area contributed by atoms with Gasteiger partial charge in [-0.1, -0.05) is 12.1 Å². The largest absolute Gasteiger partial charge is 0.497 e. The lowest BCUT2D eigenvalue weighted by molar-refractivity contribution is -0.153. The van der Waals surface area contributed by atoms with Crippen molar-refractivity contribution in [2.45, 2.75) is 25.4 Å². The van der Waals surface area contributed by atoms with Gasteiger partial charge in [0.2, 0.25) is 11.8 Å². The molecule has 0 saturated carbocycles.